The summed E-state index contributed by atoms with van der Waals surface area (Å²) >= 11 is 0. The first-order valence-electron chi connectivity index (χ1n) is 14.6. The minimum absolute atomic E-state index is 0.0111. The highest BCUT2D eigenvalue weighted by atomic mass is 32.2. The lowest BCUT2D eigenvalue weighted by molar-refractivity contribution is -0.0365. The van der Waals surface area contributed by atoms with Crippen molar-refractivity contribution in [3.05, 3.63) is 30.6 Å². The Morgan fingerprint density at radius 3 is 2.64 bits per heavy atom. The van der Waals surface area contributed by atoms with E-state index in [1.54, 1.807) is 0 Å². The lowest BCUT2D eigenvalue weighted by atomic mass is 10.1. The van der Waals surface area contributed by atoms with E-state index in [2.05, 4.69) is 61.3 Å². The highest BCUT2D eigenvalue weighted by Crippen LogP contribution is 2.39. The van der Waals surface area contributed by atoms with Crippen LogP contribution in [0.4, 0.5) is 0 Å². The average molecular weight is 623 g/mol. The van der Waals surface area contributed by atoms with E-state index in [4.69, 9.17) is 23.7 Å². The van der Waals surface area contributed by atoms with E-state index in [1.165, 1.54) is 0 Å². The van der Waals surface area contributed by atoms with Gasteiger partial charge in [-0.2, -0.15) is 18.6 Å². The third kappa shape index (κ3) is 8.63. The van der Waals surface area contributed by atoms with E-state index in [-0.39, 0.29) is 30.6 Å². The standard InChI is InChI=1S/C29H46N4O7SSi/c1-22(21-36-16-17-39-41(5,34)35)37-15-13-32-20-23(19-30-32)28-25-18-24(40-42(6,7)29(2,3)4)11-12-26(25)33(31-28)27-10-8-9-14-38-27/h11-12,18-20,22,27H,8-10,13-17,21H2,1-7H3/t22-,27?/m1/s1. The number of benzene rings is 1. The summed E-state index contributed by atoms with van der Waals surface area (Å²) < 4.78 is 54.6. The van der Waals surface area contributed by atoms with Crippen LogP contribution >= 0.6 is 0 Å². The number of aromatic nitrogens is 4. The Labute approximate surface area is 250 Å². The van der Waals surface area contributed by atoms with Gasteiger partial charge in [0.05, 0.1) is 57.0 Å². The Kier molecular flexibility index (Phi) is 10.5. The molecule has 1 fully saturated rings. The molecule has 2 aromatic heterocycles. The number of hydrogen-bond acceptors (Lipinski definition) is 9. The largest absolute Gasteiger partial charge is 0.543 e. The van der Waals surface area contributed by atoms with Crippen LogP contribution in [0.1, 0.15) is 53.2 Å². The molecule has 3 aromatic rings. The Hall–Kier alpha value is -2.29. The van der Waals surface area contributed by atoms with Gasteiger partial charge in [0, 0.05) is 23.8 Å². The first-order valence-corrected chi connectivity index (χ1v) is 19.4. The first kappa shape index (κ1) is 32.6. The Bertz CT molecular complexity index is 1430. The summed E-state index contributed by atoms with van der Waals surface area (Å²) in [5.74, 6) is 0.860. The normalized spacial score (nSPS) is 17.5. The smallest absolute Gasteiger partial charge is 0.264 e. The summed E-state index contributed by atoms with van der Waals surface area (Å²) in [6.45, 7) is 15.4. The van der Waals surface area contributed by atoms with E-state index in [0.717, 1.165) is 60.0 Å². The highest BCUT2D eigenvalue weighted by molar-refractivity contribution is 7.85. The van der Waals surface area contributed by atoms with Gasteiger partial charge in [0.25, 0.3) is 10.1 Å². The molecular formula is C29H46N4O7SSi. The van der Waals surface area contributed by atoms with Crippen LogP contribution in [0.25, 0.3) is 22.2 Å². The first-order chi connectivity index (χ1) is 19.7. The van der Waals surface area contributed by atoms with Gasteiger partial charge in [-0.1, -0.05) is 20.8 Å². The van der Waals surface area contributed by atoms with Gasteiger partial charge in [-0.05, 0) is 62.5 Å². The third-order valence-corrected chi connectivity index (χ3v) is 12.7. The summed E-state index contributed by atoms with van der Waals surface area (Å²) in [7, 11) is -5.48. The number of ether oxygens (including phenoxy) is 3. The minimum atomic E-state index is -3.46. The molecule has 13 heteroatoms. The number of hydrogen-bond donors (Lipinski definition) is 0. The van der Waals surface area contributed by atoms with Gasteiger partial charge >= 0.3 is 0 Å². The molecule has 1 aromatic carbocycles. The molecule has 0 bridgehead atoms. The van der Waals surface area contributed by atoms with E-state index in [0.29, 0.717) is 19.8 Å². The molecule has 1 aliphatic heterocycles. The van der Waals surface area contributed by atoms with Crippen molar-refractivity contribution in [1.29, 1.82) is 0 Å². The molecule has 1 aliphatic rings. The molecule has 0 amide bonds. The Balaban J connectivity index is 1.45. The molecule has 0 aliphatic carbocycles. The Morgan fingerprint density at radius 1 is 1.17 bits per heavy atom. The Morgan fingerprint density at radius 2 is 1.95 bits per heavy atom. The van der Waals surface area contributed by atoms with E-state index in [9.17, 15) is 8.42 Å². The molecule has 11 nitrogen and oxygen atoms in total. The summed E-state index contributed by atoms with van der Waals surface area (Å²) in [5, 5.41) is 10.7. The van der Waals surface area contributed by atoms with Gasteiger partial charge in [0.1, 0.15) is 11.4 Å². The van der Waals surface area contributed by atoms with Crippen LogP contribution in [0.15, 0.2) is 30.6 Å². The molecule has 234 valence electrons. The van der Waals surface area contributed by atoms with Gasteiger partial charge in [0.15, 0.2) is 6.23 Å². The quantitative estimate of drug-likeness (QED) is 0.133. The highest BCUT2D eigenvalue weighted by Gasteiger charge is 2.39. The van der Waals surface area contributed by atoms with Gasteiger partial charge in [-0.25, -0.2) is 4.68 Å². The molecule has 0 saturated carbocycles. The maximum Gasteiger partial charge on any atom is 0.264 e. The van der Waals surface area contributed by atoms with Gasteiger partial charge in [0.2, 0.25) is 8.32 Å². The lowest BCUT2D eigenvalue weighted by Gasteiger charge is -2.36. The zero-order valence-electron chi connectivity index (χ0n) is 26.0. The molecule has 4 rings (SSSR count). The van der Waals surface area contributed by atoms with Crippen LogP contribution in [-0.4, -0.2) is 81.7 Å². The van der Waals surface area contributed by atoms with Gasteiger partial charge in [-0.15, -0.1) is 0 Å². The predicted octanol–water partition coefficient (Wildman–Crippen LogP) is 5.38. The fourth-order valence-electron chi connectivity index (χ4n) is 4.48. The molecule has 1 saturated heterocycles. The zero-order chi connectivity index (χ0) is 30.5. The summed E-state index contributed by atoms with van der Waals surface area (Å²) in [6, 6.07) is 6.26. The molecule has 0 radical (unpaired) electrons. The van der Waals surface area contributed by atoms with Crippen molar-refractivity contribution in [3.8, 4) is 17.0 Å². The summed E-state index contributed by atoms with van der Waals surface area (Å²) in [5.41, 5.74) is 2.79. The SMILES string of the molecule is C[C@H](COCCOS(C)(=O)=O)OCCn1cc(-c2nn(C3CCCCO3)c3ccc(O[Si](C)(C)C(C)(C)C)cc23)cn1. The van der Waals surface area contributed by atoms with Crippen molar-refractivity contribution < 1.29 is 31.2 Å². The second kappa shape index (κ2) is 13.6. The molecule has 3 heterocycles. The van der Waals surface area contributed by atoms with Crippen molar-refractivity contribution in [3.63, 3.8) is 0 Å². The fourth-order valence-corrected chi connectivity index (χ4v) is 5.87. The van der Waals surface area contributed by atoms with Crippen molar-refractivity contribution >= 4 is 29.3 Å². The lowest BCUT2D eigenvalue weighted by Crippen LogP contribution is -2.43. The number of rotatable bonds is 14. The van der Waals surface area contributed by atoms with E-state index in [1.807, 2.05) is 28.7 Å². The second-order valence-corrected chi connectivity index (χ2v) is 18.8. The molecular weight excluding hydrogens is 576 g/mol. The zero-order valence-corrected chi connectivity index (χ0v) is 27.8. The van der Waals surface area contributed by atoms with E-state index < -0.39 is 18.4 Å². The van der Waals surface area contributed by atoms with Crippen LogP contribution in [0.3, 0.4) is 0 Å². The minimum Gasteiger partial charge on any atom is -0.543 e. The topological polar surface area (TPSA) is 116 Å². The van der Waals surface area contributed by atoms with Crippen LogP contribution < -0.4 is 4.43 Å². The van der Waals surface area contributed by atoms with Crippen LogP contribution in [0, 0.1) is 0 Å². The van der Waals surface area contributed by atoms with Crippen molar-refractivity contribution in [2.24, 2.45) is 0 Å². The summed E-state index contributed by atoms with van der Waals surface area (Å²) in [4.78, 5) is 0. The predicted molar refractivity (Wildman–Crippen MR) is 165 cm³/mol. The molecule has 0 spiro atoms. The van der Waals surface area contributed by atoms with Crippen molar-refractivity contribution in [2.45, 2.75) is 84.0 Å². The van der Waals surface area contributed by atoms with E-state index >= 15 is 0 Å². The van der Waals surface area contributed by atoms with Crippen LogP contribution in [0.2, 0.25) is 18.1 Å². The maximum atomic E-state index is 11.0. The third-order valence-electron chi connectivity index (χ3n) is 7.79. The summed E-state index contributed by atoms with van der Waals surface area (Å²) in [6.07, 6.45) is 7.71. The number of nitrogens with zero attached hydrogens (tertiary/aromatic N) is 4. The van der Waals surface area contributed by atoms with Gasteiger partial charge < -0.3 is 18.6 Å². The second-order valence-electron chi connectivity index (χ2n) is 12.4. The molecule has 0 N–H and O–H groups in total. The molecule has 2 atom stereocenters. The van der Waals surface area contributed by atoms with Crippen molar-refractivity contribution in [2.75, 3.05) is 39.3 Å². The molecule has 1 unspecified atom stereocenters. The monoisotopic (exact) mass is 622 g/mol. The number of fused-ring (bicyclic) bond motifs is 1. The maximum absolute atomic E-state index is 11.0. The van der Waals surface area contributed by atoms with Gasteiger partial charge in [-0.3, -0.25) is 8.86 Å². The van der Waals surface area contributed by atoms with Crippen LogP contribution in [-0.2, 0) is 35.1 Å². The average Bonchev–Trinajstić information content (AvgIpc) is 3.52. The van der Waals surface area contributed by atoms with Crippen LogP contribution in [0.5, 0.6) is 5.75 Å². The fraction of sp³-hybridized carbons (Fsp3) is 0.655. The van der Waals surface area contributed by atoms with Crippen molar-refractivity contribution in [1.82, 2.24) is 19.6 Å². The molecule has 42 heavy (non-hydrogen) atoms.